The van der Waals surface area contributed by atoms with E-state index in [0.29, 0.717) is 11.1 Å². The Morgan fingerprint density at radius 2 is 1.68 bits per heavy atom. The molecule has 0 aliphatic carbocycles. The average Bonchev–Trinajstić information content (AvgIpc) is 2.88. The van der Waals surface area contributed by atoms with E-state index in [0.717, 1.165) is 5.56 Å². The maximum Gasteiger partial charge on any atom is 0.295 e. The Bertz CT molecular complexity index is 825. The highest BCUT2D eigenvalue weighted by Gasteiger charge is 2.45. The molecular formula is C20H19NO4. The van der Waals surface area contributed by atoms with Gasteiger partial charge in [-0.1, -0.05) is 60.2 Å². The second-order valence-corrected chi connectivity index (χ2v) is 5.99. The zero-order chi connectivity index (χ0) is 18.0. The summed E-state index contributed by atoms with van der Waals surface area (Å²) in [5.41, 5.74) is 2.27. The number of benzene rings is 2. The third-order valence-electron chi connectivity index (χ3n) is 4.32. The van der Waals surface area contributed by atoms with E-state index in [9.17, 15) is 19.8 Å². The van der Waals surface area contributed by atoms with Crippen LogP contribution in [-0.2, 0) is 9.59 Å². The number of ketones is 1. The van der Waals surface area contributed by atoms with Crippen LogP contribution in [0.15, 0.2) is 60.2 Å². The fraction of sp³-hybridized carbons (Fsp3) is 0.200. The Hall–Kier alpha value is -2.92. The molecule has 1 saturated heterocycles. The number of aliphatic hydroxyl groups excluding tert-OH is 2. The molecule has 25 heavy (non-hydrogen) atoms. The molecule has 1 fully saturated rings. The van der Waals surface area contributed by atoms with E-state index >= 15 is 0 Å². The van der Waals surface area contributed by atoms with Gasteiger partial charge in [0, 0.05) is 12.1 Å². The predicted molar refractivity (Wildman–Crippen MR) is 93.7 cm³/mol. The quantitative estimate of drug-likeness (QED) is 0.510. The van der Waals surface area contributed by atoms with Crippen LogP contribution in [0.4, 0.5) is 0 Å². The molecule has 0 bridgehead atoms. The van der Waals surface area contributed by atoms with Crippen molar-refractivity contribution in [2.45, 2.75) is 13.0 Å². The first-order valence-corrected chi connectivity index (χ1v) is 8.06. The molecule has 2 aromatic carbocycles. The normalized spacial score (nSPS) is 19.4. The number of hydrogen-bond donors (Lipinski definition) is 2. The van der Waals surface area contributed by atoms with Crippen LogP contribution in [0.3, 0.4) is 0 Å². The molecular weight excluding hydrogens is 318 g/mol. The number of hydrogen-bond acceptors (Lipinski definition) is 4. The van der Waals surface area contributed by atoms with E-state index in [-0.39, 0.29) is 24.5 Å². The number of likely N-dealkylation sites (tertiary alicyclic amines) is 1. The molecule has 5 nitrogen and oxygen atoms in total. The average molecular weight is 337 g/mol. The third kappa shape index (κ3) is 3.06. The van der Waals surface area contributed by atoms with Crippen LogP contribution in [0.5, 0.6) is 0 Å². The highest BCUT2D eigenvalue weighted by atomic mass is 16.3. The number of carbonyl (C=O) groups is 2. The second kappa shape index (κ2) is 6.91. The Labute approximate surface area is 145 Å². The summed E-state index contributed by atoms with van der Waals surface area (Å²) in [7, 11) is 0. The van der Waals surface area contributed by atoms with E-state index in [1.54, 1.807) is 36.4 Å². The van der Waals surface area contributed by atoms with Gasteiger partial charge in [0.25, 0.3) is 11.7 Å². The van der Waals surface area contributed by atoms with Crippen LogP contribution in [0.2, 0.25) is 0 Å². The van der Waals surface area contributed by atoms with Gasteiger partial charge in [-0.3, -0.25) is 9.59 Å². The summed E-state index contributed by atoms with van der Waals surface area (Å²) in [4.78, 5) is 26.3. The highest BCUT2D eigenvalue weighted by Crippen LogP contribution is 2.38. The molecule has 0 aromatic heterocycles. The lowest BCUT2D eigenvalue weighted by Gasteiger charge is -2.24. The molecule has 1 aliphatic heterocycles. The molecule has 1 heterocycles. The zero-order valence-corrected chi connectivity index (χ0v) is 13.8. The summed E-state index contributed by atoms with van der Waals surface area (Å²) < 4.78 is 0. The summed E-state index contributed by atoms with van der Waals surface area (Å²) in [5, 5.41) is 20.0. The molecule has 2 aromatic rings. The minimum atomic E-state index is -0.736. The predicted octanol–water partition coefficient (Wildman–Crippen LogP) is 2.41. The van der Waals surface area contributed by atoms with Crippen molar-refractivity contribution in [2.75, 3.05) is 13.2 Å². The van der Waals surface area contributed by atoms with Gasteiger partial charge < -0.3 is 15.1 Å². The van der Waals surface area contributed by atoms with Crippen molar-refractivity contribution in [3.8, 4) is 0 Å². The first-order chi connectivity index (χ1) is 12.0. The molecule has 2 N–H and O–H groups in total. The molecule has 0 radical (unpaired) electrons. The van der Waals surface area contributed by atoms with Gasteiger partial charge in [-0.25, -0.2) is 0 Å². The third-order valence-corrected chi connectivity index (χ3v) is 4.32. The van der Waals surface area contributed by atoms with Crippen molar-refractivity contribution in [2.24, 2.45) is 0 Å². The molecule has 5 heteroatoms. The molecule has 1 amide bonds. The molecule has 0 unspecified atom stereocenters. The number of aryl methyl sites for hydroxylation is 1. The molecule has 1 aliphatic rings. The van der Waals surface area contributed by atoms with Crippen molar-refractivity contribution in [3.05, 3.63) is 76.9 Å². The van der Waals surface area contributed by atoms with E-state index in [1.807, 2.05) is 25.1 Å². The maximum absolute atomic E-state index is 12.6. The van der Waals surface area contributed by atoms with Gasteiger partial charge in [-0.2, -0.15) is 0 Å². The van der Waals surface area contributed by atoms with Crippen molar-refractivity contribution in [1.29, 1.82) is 0 Å². The standard InChI is InChI=1S/C20H19NO4/c1-13-7-9-15(10-8-13)18(23)16-17(14-5-3-2-4-6-14)21(11-12-22)20(25)19(16)24/h2-10,17,22-23H,11-12H2,1H3/b18-16+/t17-/m1/s1. The van der Waals surface area contributed by atoms with Crippen LogP contribution in [0.25, 0.3) is 5.76 Å². The Morgan fingerprint density at radius 1 is 1.04 bits per heavy atom. The molecule has 0 saturated carbocycles. The summed E-state index contributed by atoms with van der Waals surface area (Å²) in [6, 6.07) is 15.4. The molecule has 0 spiro atoms. The second-order valence-electron chi connectivity index (χ2n) is 5.99. The van der Waals surface area contributed by atoms with Gasteiger partial charge in [0.15, 0.2) is 0 Å². The molecule has 128 valence electrons. The van der Waals surface area contributed by atoms with E-state index < -0.39 is 17.7 Å². The number of aliphatic hydroxyl groups is 2. The van der Waals surface area contributed by atoms with Gasteiger partial charge in [0.2, 0.25) is 0 Å². The van der Waals surface area contributed by atoms with Crippen LogP contribution in [0.1, 0.15) is 22.7 Å². The van der Waals surface area contributed by atoms with Crippen LogP contribution < -0.4 is 0 Å². The van der Waals surface area contributed by atoms with Crippen LogP contribution in [0, 0.1) is 6.92 Å². The first kappa shape index (κ1) is 16.9. The topological polar surface area (TPSA) is 77.8 Å². The molecule has 1 atom stereocenters. The largest absolute Gasteiger partial charge is 0.507 e. The highest BCUT2D eigenvalue weighted by molar-refractivity contribution is 6.46. The smallest absolute Gasteiger partial charge is 0.295 e. The minimum Gasteiger partial charge on any atom is -0.507 e. The van der Waals surface area contributed by atoms with E-state index in [4.69, 9.17) is 0 Å². The number of amides is 1. The van der Waals surface area contributed by atoms with Crippen molar-refractivity contribution < 1.29 is 19.8 Å². The fourth-order valence-electron chi connectivity index (χ4n) is 3.07. The lowest BCUT2D eigenvalue weighted by atomic mass is 9.95. The summed E-state index contributed by atoms with van der Waals surface area (Å²) >= 11 is 0. The number of carbonyl (C=O) groups excluding carboxylic acids is 2. The SMILES string of the molecule is Cc1ccc(/C(O)=C2\C(=O)C(=O)N(CCO)[C@@H]2c2ccccc2)cc1. The summed E-state index contributed by atoms with van der Waals surface area (Å²) in [6.07, 6.45) is 0. The van der Waals surface area contributed by atoms with Crippen molar-refractivity contribution in [1.82, 2.24) is 4.90 Å². The fourth-order valence-corrected chi connectivity index (χ4v) is 3.07. The summed E-state index contributed by atoms with van der Waals surface area (Å²) in [6.45, 7) is 1.68. The van der Waals surface area contributed by atoms with Crippen LogP contribution >= 0.6 is 0 Å². The Kier molecular flexibility index (Phi) is 4.67. The lowest BCUT2D eigenvalue weighted by Crippen LogP contribution is -2.32. The number of rotatable bonds is 4. The van der Waals surface area contributed by atoms with Gasteiger partial charge >= 0.3 is 0 Å². The van der Waals surface area contributed by atoms with E-state index in [2.05, 4.69) is 0 Å². The van der Waals surface area contributed by atoms with Gasteiger partial charge in [0.05, 0.1) is 18.2 Å². The molecule has 3 rings (SSSR count). The number of nitrogens with zero attached hydrogens (tertiary/aromatic N) is 1. The number of Topliss-reactive ketones (excluding diaryl/α,β-unsaturated/α-hetero) is 1. The van der Waals surface area contributed by atoms with Crippen molar-refractivity contribution >= 4 is 17.4 Å². The monoisotopic (exact) mass is 337 g/mol. The maximum atomic E-state index is 12.6. The number of β-amino-alcohol motifs (C(OH)–C–C–N with tert-alkyl or cyclic N) is 1. The van der Waals surface area contributed by atoms with Gasteiger partial charge in [0.1, 0.15) is 5.76 Å². The van der Waals surface area contributed by atoms with Gasteiger partial charge in [-0.05, 0) is 12.5 Å². The zero-order valence-electron chi connectivity index (χ0n) is 13.8. The van der Waals surface area contributed by atoms with Crippen LogP contribution in [-0.4, -0.2) is 40.0 Å². The van der Waals surface area contributed by atoms with Crippen molar-refractivity contribution in [3.63, 3.8) is 0 Å². The van der Waals surface area contributed by atoms with Gasteiger partial charge in [-0.15, -0.1) is 0 Å². The minimum absolute atomic E-state index is 0.0226. The summed E-state index contributed by atoms with van der Waals surface area (Å²) in [5.74, 6) is -1.65. The van der Waals surface area contributed by atoms with E-state index in [1.165, 1.54) is 4.90 Å². The lowest BCUT2D eigenvalue weighted by molar-refractivity contribution is -0.140. The Balaban J connectivity index is 2.17. The first-order valence-electron chi connectivity index (χ1n) is 8.06. The Morgan fingerprint density at radius 3 is 2.28 bits per heavy atom.